The molecule has 1 heterocycles. The van der Waals surface area contributed by atoms with Gasteiger partial charge in [0.15, 0.2) is 0 Å². The van der Waals surface area contributed by atoms with Gasteiger partial charge in [0.05, 0.1) is 0 Å². The molecule has 0 saturated heterocycles. The van der Waals surface area contributed by atoms with Crippen molar-refractivity contribution < 1.29 is 4.79 Å². The lowest BCUT2D eigenvalue weighted by Crippen LogP contribution is -2.40. The molecule has 1 rings (SSSR count). The van der Waals surface area contributed by atoms with E-state index in [4.69, 9.17) is 11.6 Å². The number of nitrogens with zero attached hydrogens (tertiary/aromatic N) is 5. The van der Waals surface area contributed by atoms with Crippen molar-refractivity contribution in [1.29, 1.82) is 0 Å². The molecule has 0 saturated carbocycles. The van der Waals surface area contributed by atoms with Gasteiger partial charge in [-0.25, -0.2) is 9.59 Å². The molecule has 0 aliphatic carbocycles. The number of aromatic nitrogens is 4. The average Bonchev–Trinajstić information content (AvgIpc) is 2.63. The van der Waals surface area contributed by atoms with Crippen LogP contribution in [0.1, 0.15) is 13.8 Å². The van der Waals surface area contributed by atoms with Crippen LogP contribution in [0.5, 0.6) is 0 Å². The minimum atomic E-state index is -0.645. The van der Waals surface area contributed by atoms with Gasteiger partial charge in [-0.3, -0.25) is 0 Å². The van der Waals surface area contributed by atoms with Crippen LogP contribution in [0.4, 0.5) is 4.79 Å². The summed E-state index contributed by atoms with van der Waals surface area (Å²) in [4.78, 5) is 24.8. The highest BCUT2D eigenvalue weighted by molar-refractivity contribution is 6.26. The van der Waals surface area contributed by atoms with E-state index >= 15 is 0 Å². The zero-order chi connectivity index (χ0) is 12.1. The number of tetrazole rings is 1. The number of hydrogen-bond acceptors (Lipinski definition) is 4. The Morgan fingerprint density at radius 2 is 2.06 bits per heavy atom. The third-order valence-electron chi connectivity index (χ3n) is 2.02. The third kappa shape index (κ3) is 2.30. The van der Waals surface area contributed by atoms with Crippen molar-refractivity contribution in [2.75, 3.05) is 13.1 Å². The number of rotatable bonds is 3. The second kappa shape index (κ2) is 5.45. The van der Waals surface area contributed by atoms with Crippen LogP contribution in [0.15, 0.2) is 10.3 Å². The molecule has 0 N–H and O–H groups in total. The molecule has 1 amide bonds. The van der Waals surface area contributed by atoms with Gasteiger partial charge >= 0.3 is 11.7 Å². The Hall–Kier alpha value is -1.63. The van der Waals surface area contributed by atoms with Gasteiger partial charge in [0.25, 0.3) is 0 Å². The molecule has 0 unspecified atom stereocenters. The van der Waals surface area contributed by atoms with Crippen molar-refractivity contribution >= 4 is 23.8 Å². The first-order chi connectivity index (χ1) is 7.65. The van der Waals surface area contributed by atoms with Gasteiger partial charge < -0.3 is 4.90 Å². The minimum absolute atomic E-state index is 0.496. The van der Waals surface area contributed by atoms with Crippen molar-refractivity contribution in [2.24, 2.45) is 0 Å². The van der Waals surface area contributed by atoms with Crippen molar-refractivity contribution in [3.63, 3.8) is 0 Å². The van der Waals surface area contributed by atoms with E-state index in [1.54, 1.807) is 0 Å². The molecule has 7 nitrogen and oxygen atoms in total. The van der Waals surface area contributed by atoms with Gasteiger partial charge in [0.1, 0.15) is 0 Å². The second-order valence-electron chi connectivity index (χ2n) is 2.85. The Bertz CT molecular complexity index is 446. The molecule has 8 heteroatoms. The molecule has 16 heavy (non-hydrogen) atoms. The zero-order valence-corrected chi connectivity index (χ0v) is 9.76. The van der Waals surface area contributed by atoms with E-state index in [-0.39, 0.29) is 0 Å². The smallest absolute Gasteiger partial charge is 0.323 e. The summed E-state index contributed by atoms with van der Waals surface area (Å²) < 4.78 is 1.58. The molecule has 0 bridgehead atoms. The fourth-order valence-electron chi connectivity index (χ4n) is 1.15. The molecule has 0 atom stereocenters. The van der Waals surface area contributed by atoms with Gasteiger partial charge in [-0.15, -0.1) is 4.68 Å². The highest BCUT2D eigenvalue weighted by Crippen LogP contribution is 1.91. The molecule has 0 aliphatic heterocycles. The van der Waals surface area contributed by atoms with E-state index in [2.05, 4.69) is 10.4 Å². The average molecular weight is 246 g/mol. The minimum Gasteiger partial charge on any atom is -0.323 e. The largest absolute Gasteiger partial charge is 0.376 e. The molecule has 0 radical (unpaired) electrons. The monoisotopic (exact) mass is 245 g/mol. The van der Waals surface area contributed by atoms with Gasteiger partial charge in [-0.05, 0) is 24.3 Å². The molecule has 88 valence electrons. The summed E-state index contributed by atoms with van der Waals surface area (Å²) in [6.45, 7) is 4.63. The van der Waals surface area contributed by atoms with Crippen molar-refractivity contribution in [3.05, 3.63) is 16.0 Å². The van der Waals surface area contributed by atoms with Crippen molar-refractivity contribution in [2.45, 2.75) is 13.8 Å². The molecule has 0 spiro atoms. The lowest BCUT2D eigenvalue weighted by Gasteiger charge is -2.16. The van der Waals surface area contributed by atoms with Gasteiger partial charge in [-0.1, -0.05) is 11.6 Å². The summed E-state index contributed by atoms with van der Waals surface area (Å²) in [5, 5.41) is 6.94. The summed E-state index contributed by atoms with van der Waals surface area (Å²) in [6.07, 6.45) is 1.21. The Morgan fingerprint density at radius 1 is 1.44 bits per heavy atom. The Balaban J connectivity index is 3.06. The van der Waals surface area contributed by atoms with Crippen LogP contribution in [-0.2, 0) is 0 Å². The third-order valence-corrected chi connectivity index (χ3v) is 2.13. The first-order valence-electron chi connectivity index (χ1n) is 4.76. The predicted molar refractivity (Wildman–Crippen MR) is 59.2 cm³/mol. The summed E-state index contributed by atoms with van der Waals surface area (Å²) in [6, 6.07) is -0.496. The fraction of sp³-hybridized carbons (Fsp3) is 0.500. The van der Waals surface area contributed by atoms with Crippen molar-refractivity contribution in [1.82, 2.24) is 24.7 Å². The Morgan fingerprint density at radius 3 is 2.56 bits per heavy atom. The van der Waals surface area contributed by atoms with E-state index in [1.807, 2.05) is 13.8 Å². The standard InChI is InChI=1S/C8H12ClN5O2/c1-3-12(4-2)7(15)14-8(16)13(6-5-9)10-11-14/h5-6H,3-4H2,1-2H3. The number of carbonyl (C=O) groups excluding carboxylic acids is 1. The van der Waals surface area contributed by atoms with Gasteiger partial charge in [0, 0.05) is 24.8 Å². The number of amides is 1. The highest BCUT2D eigenvalue weighted by atomic mass is 35.5. The normalized spacial score (nSPS) is 10.9. The van der Waals surface area contributed by atoms with Crippen molar-refractivity contribution in [3.8, 4) is 0 Å². The van der Waals surface area contributed by atoms with E-state index in [0.29, 0.717) is 17.8 Å². The molecule has 1 aromatic rings. The van der Waals surface area contributed by atoms with Gasteiger partial charge in [-0.2, -0.15) is 4.68 Å². The SMILES string of the molecule is CCN(CC)C(=O)n1nnn(C=CCl)c1=O. The maximum atomic E-state index is 11.8. The predicted octanol–water partition coefficient (Wildman–Crippen LogP) is 0.417. The first kappa shape index (κ1) is 12.4. The van der Waals surface area contributed by atoms with Crippen LogP contribution in [0.2, 0.25) is 0 Å². The summed E-state index contributed by atoms with van der Waals surface area (Å²) in [5.41, 5.74) is 0.469. The lowest BCUT2D eigenvalue weighted by molar-refractivity contribution is 0.200. The Labute approximate surface area is 96.9 Å². The summed E-state index contributed by atoms with van der Waals surface area (Å²) >= 11 is 5.30. The van der Waals surface area contributed by atoms with Crippen LogP contribution >= 0.6 is 11.6 Å². The molecule has 0 aliphatic rings. The van der Waals surface area contributed by atoms with Gasteiger partial charge in [0.2, 0.25) is 0 Å². The zero-order valence-electron chi connectivity index (χ0n) is 9.00. The van der Waals surface area contributed by atoms with E-state index < -0.39 is 11.7 Å². The molecular weight excluding hydrogens is 234 g/mol. The van der Waals surface area contributed by atoms with Crippen LogP contribution < -0.4 is 5.69 Å². The maximum Gasteiger partial charge on any atom is 0.376 e. The fourth-order valence-corrected chi connectivity index (χ4v) is 1.26. The summed E-state index contributed by atoms with van der Waals surface area (Å²) in [5.74, 6) is 0. The van der Waals surface area contributed by atoms with Crippen LogP contribution in [0.3, 0.4) is 0 Å². The van der Waals surface area contributed by atoms with Crippen LogP contribution in [0, 0.1) is 0 Å². The molecule has 1 aromatic heterocycles. The number of halogens is 1. The lowest BCUT2D eigenvalue weighted by atomic mass is 10.5. The number of hydrogen-bond donors (Lipinski definition) is 0. The summed E-state index contributed by atoms with van der Waals surface area (Å²) in [7, 11) is 0. The molecule has 0 fully saturated rings. The molecule has 0 aromatic carbocycles. The maximum absolute atomic E-state index is 11.8. The first-order valence-corrected chi connectivity index (χ1v) is 5.20. The van der Waals surface area contributed by atoms with E-state index in [9.17, 15) is 9.59 Å². The molecular formula is C8H12ClN5O2. The topological polar surface area (TPSA) is 73.0 Å². The van der Waals surface area contributed by atoms with Crippen LogP contribution in [-0.4, -0.2) is 43.8 Å². The second-order valence-corrected chi connectivity index (χ2v) is 3.10. The van der Waals surface area contributed by atoms with E-state index in [0.717, 1.165) is 10.2 Å². The van der Waals surface area contributed by atoms with Crippen LogP contribution in [0.25, 0.3) is 6.20 Å². The quantitative estimate of drug-likeness (QED) is 0.724. The number of carbonyl (C=O) groups is 1. The van der Waals surface area contributed by atoms with E-state index in [1.165, 1.54) is 11.1 Å². The Kier molecular flexibility index (Phi) is 4.24. The highest BCUT2D eigenvalue weighted by Gasteiger charge is 2.17.